The molecule has 21 heavy (non-hydrogen) atoms. The number of amides is 1. The summed E-state index contributed by atoms with van der Waals surface area (Å²) in [4.78, 5) is 12.7. The number of hydrogen-bond acceptors (Lipinski definition) is 1. The lowest BCUT2D eigenvalue weighted by molar-refractivity contribution is -0.123. The van der Waals surface area contributed by atoms with Crippen molar-refractivity contribution in [2.45, 2.75) is 47.0 Å². The molecule has 1 fully saturated rings. The molecule has 2 heteroatoms. The SMILES string of the molecule is C=C(C)C1CCC(C)(C)CC1C(=O)Nc1ccc(C)cc1. The van der Waals surface area contributed by atoms with Gasteiger partial charge in [0.25, 0.3) is 0 Å². The van der Waals surface area contributed by atoms with Crippen LogP contribution in [0.5, 0.6) is 0 Å². The number of hydrogen-bond donors (Lipinski definition) is 1. The zero-order valence-corrected chi connectivity index (χ0v) is 13.7. The summed E-state index contributed by atoms with van der Waals surface area (Å²) in [5, 5.41) is 3.08. The highest BCUT2D eigenvalue weighted by molar-refractivity contribution is 5.93. The highest BCUT2D eigenvalue weighted by atomic mass is 16.1. The van der Waals surface area contributed by atoms with Gasteiger partial charge in [0.1, 0.15) is 0 Å². The number of anilines is 1. The van der Waals surface area contributed by atoms with Gasteiger partial charge in [-0.3, -0.25) is 4.79 Å². The molecule has 1 aromatic rings. The summed E-state index contributed by atoms with van der Waals surface area (Å²) in [6, 6.07) is 7.99. The quantitative estimate of drug-likeness (QED) is 0.782. The summed E-state index contributed by atoms with van der Waals surface area (Å²) < 4.78 is 0. The molecule has 0 aliphatic heterocycles. The fraction of sp³-hybridized carbons (Fsp3) is 0.526. The Bertz CT molecular complexity index is 527. The van der Waals surface area contributed by atoms with E-state index < -0.39 is 0 Å². The molecule has 2 rings (SSSR count). The third-order valence-corrected chi connectivity index (χ3v) is 4.68. The molecule has 114 valence electrons. The number of carbonyl (C=O) groups excluding carboxylic acids is 1. The number of allylic oxidation sites excluding steroid dienone is 1. The van der Waals surface area contributed by atoms with Crippen LogP contribution < -0.4 is 5.32 Å². The molecular formula is C19H27NO. The molecule has 2 atom stereocenters. The van der Waals surface area contributed by atoms with Gasteiger partial charge in [0.15, 0.2) is 0 Å². The van der Waals surface area contributed by atoms with E-state index in [9.17, 15) is 4.79 Å². The molecular weight excluding hydrogens is 258 g/mol. The zero-order chi connectivity index (χ0) is 15.6. The highest BCUT2D eigenvalue weighted by Crippen LogP contribution is 2.44. The summed E-state index contributed by atoms with van der Waals surface area (Å²) in [6.45, 7) is 12.7. The number of nitrogens with one attached hydrogen (secondary N) is 1. The average molecular weight is 285 g/mol. The largest absolute Gasteiger partial charge is 0.326 e. The van der Waals surface area contributed by atoms with Crippen LogP contribution in [0.3, 0.4) is 0 Å². The predicted octanol–water partition coefficient (Wildman–Crippen LogP) is 4.95. The van der Waals surface area contributed by atoms with Crippen LogP contribution in [0.2, 0.25) is 0 Å². The Hall–Kier alpha value is -1.57. The minimum atomic E-state index is 0.0348. The smallest absolute Gasteiger partial charge is 0.228 e. The van der Waals surface area contributed by atoms with Crippen molar-refractivity contribution < 1.29 is 4.79 Å². The second kappa shape index (κ2) is 6.05. The summed E-state index contributed by atoms with van der Waals surface area (Å²) in [5.74, 6) is 0.482. The van der Waals surface area contributed by atoms with Crippen LogP contribution in [-0.2, 0) is 4.79 Å². The number of carbonyl (C=O) groups is 1. The van der Waals surface area contributed by atoms with Crippen LogP contribution in [-0.4, -0.2) is 5.91 Å². The van der Waals surface area contributed by atoms with Crippen LogP contribution in [0.15, 0.2) is 36.4 Å². The van der Waals surface area contributed by atoms with Crippen LogP contribution in [0.1, 0.15) is 45.6 Å². The Morgan fingerprint density at radius 3 is 2.43 bits per heavy atom. The monoisotopic (exact) mass is 285 g/mol. The van der Waals surface area contributed by atoms with Crippen molar-refractivity contribution in [2.24, 2.45) is 17.3 Å². The fourth-order valence-electron chi connectivity index (χ4n) is 3.32. The molecule has 0 heterocycles. The maximum absolute atomic E-state index is 12.7. The minimum absolute atomic E-state index is 0.0348. The Balaban J connectivity index is 2.13. The third-order valence-electron chi connectivity index (χ3n) is 4.68. The van der Waals surface area contributed by atoms with E-state index >= 15 is 0 Å². The van der Waals surface area contributed by atoms with Crippen LogP contribution in [0, 0.1) is 24.2 Å². The Labute approximate surface area is 128 Å². The molecule has 1 amide bonds. The Morgan fingerprint density at radius 1 is 1.24 bits per heavy atom. The molecule has 0 saturated heterocycles. The molecule has 1 saturated carbocycles. The molecule has 2 nitrogen and oxygen atoms in total. The standard InChI is InChI=1S/C19H27NO/c1-13(2)16-10-11-19(4,5)12-17(16)18(21)20-15-8-6-14(3)7-9-15/h6-9,16-17H,1,10-12H2,2-5H3,(H,20,21). The van der Waals surface area contributed by atoms with Gasteiger partial charge in [0, 0.05) is 11.6 Å². The molecule has 1 aliphatic carbocycles. The van der Waals surface area contributed by atoms with Gasteiger partial charge < -0.3 is 5.32 Å². The van der Waals surface area contributed by atoms with Crippen molar-refractivity contribution in [3.63, 3.8) is 0 Å². The van der Waals surface area contributed by atoms with Crippen molar-refractivity contribution >= 4 is 11.6 Å². The van der Waals surface area contributed by atoms with E-state index in [-0.39, 0.29) is 17.2 Å². The van der Waals surface area contributed by atoms with E-state index in [1.54, 1.807) is 0 Å². The lowest BCUT2D eigenvalue weighted by Crippen LogP contribution is -2.38. The van der Waals surface area contributed by atoms with Crippen LogP contribution in [0.4, 0.5) is 5.69 Å². The molecule has 0 spiro atoms. The lowest BCUT2D eigenvalue weighted by Gasteiger charge is -2.40. The minimum Gasteiger partial charge on any atom is -0.326 e. The molecule has 1 N–H and O–H groups in total. The van der Waals surface area contributed by atoms with Crippen LogP contribution >= 0.6 is 0 Å². The van der Waals surface area contributed by atoms with Gasteiger partial charge >= 0.3 is 0 Å². The number of aryl methyl sites for hydroxylation is 1. The zero-order valence-electron chi connectivity index (χ0n) is 13.7. The number of benzene rings is 1. The van der Waals surface area contributed by atoms with Gasteiger partial charge in [-0.25, -0.2) is 0 Å². The summed E-state index contributed by atoms with van der Waals surface area (Å²) in [7, 11) is 0. The lowest BCUT2D eigenvalue weighted by atomic mass is 9.65. The van der Waals surface area contributed by atoms with Crippen molar-refractivity contribution in [1.29, 1.82) is 0 Å². The first-order valence-electron chi connectivity index (χ1n) is 7.81. The number of rotatable bonds is 3. The van der Waals surface area contributed by atoms with Gasteiger partial charge in [-0.05, 0) is 56.6 Å². The highest BCUT2D eigenvalue weighted by Gasteiger charge is 2.39. The average Bonchev–Trinajstić information content (AvgIpc) is 2.40. The Kier molecular flexibility index (Phi) is 4.55. The van der Waals surface area contributed by atoms with E-state index in [1.165, 1.54) is 12.0 Å². The van der Waals surface area contributed by atoms with Crippen molar-refractivity contribution in [3.8, 4) is 0 Å². The van der Waals surface area contributed by atoms with E-state index in [4.69, 9.17) is 0 Å². The normalized spacial score (nSPS) is 24.4. The third kappa shape index (κ3) is 3.96. The topological polar surface area (TPSA) is 29.1 Å². The Morgan fingerprint density at radius 2 is 1.86 bits per heavy atom. The van der Waals surface area contributed by atoms with Crippen LogP contribution in [0.25, 0.3) is 0 Å². The first-order chi connectivity index (χ1) is 9.78. The van der Waals surface area contributed by atoms with Gasteiger partial charge in [0.2, 0.25) is 5.91 Å². The summed E-state index contributed by atoms with van der Waals surface area (Å²) >= 11 is 0. The maximum Gasteiger partial charge on any atom is 0.228 e. The first-order valence-corrected chi connectivity index (χ1v) is 7.81. The van der Waals surface area contributed by atoms with Crippen molar-refractivity contribution in [2.75, 3.05) is 5.32 Å². The van der Waals surface area contributed by atoms with E-state index in [2.05, 4.69) is 32.7 Å². The summed E-state index contributed by atoms with van der Waals surface area (Å²) in [6.07, 6.45) is 3.16. The second-order valence-electron chi connectivity index (χ2n) is 7.32. The molecule has 0 radical (unpaired) electrons. The fourth-order valence-corrected chi connectivity index (χ4v) is 3.32. The summed E-state index contributed by atoms with van der Waals surface area (Å²) in [5.41, 5.74) is 3.46. The molecule has 0 bridgehead atoms. The van der Waals surface area contributed by atoms with E-state index in [1.807, 2.05) is 31.2 Å². The molecule has 0 aromatic heterocycles. The van der Waals surface area contributed by atoms with E-state index in [0.29, 0.717) is 5.92 Å². The molecule has 1 aliphatic rings. The molecule has 1 aromatic carbocycles. The maximum atomic E-state index is 12.7. The van der Waals surface area contributed by atoms with Crippen molar-refractivity contribution in [1.82, 2.24) is 0 Å². The molecule has 2 unspecified atom stereocenters. The second-order valence-corrected chi connectivity index (χ2v) is 7.32. The first kappa shape index (κ1) is 15.8. The van der Waals surface area contributed by atoms with Crippen molar-refractivity contribution in [3.05, 3.63) is 42.0 Å². The van der Waals surface area contributed by atoms with Gasteiger partial charge in [0.05, 0.1) is 0 Å². The van der Waals surface area contributed by atoms with E-state index in [0.717, 1.165) is 24.1 Å². The van der Waals surface area contributed by atoms with Gasteiger partial charge in [-0.15, -0.1) is 0 Å². The van der Waals surface area contributed by atoms with Gasteiger partial charge in [-0.1, -0.05) is 43.7 Å². The predicted molar refractivity (Wildman–Crippen MR) is 89.2 cm³/mol. The van der Waals surface area contributed by atoms with Gasteiger partial charge in [-0.2, -0.15) is 0 Å².